The van der Waals surface area contributed by atoms with Gasteiger partial charge in [0.2, 0.25) is 5.91 Å². The van der Waals surface area contributed by atoms with E-state index in [2.05, 4.69) is 19.9 Å². The molecule has 0 aromatic carbocycles. The summed E-state index contributed by atoms with van der Waals surface area (Å²) in [6.45, 7) is 1.25. The van der Waals surface area contributed by atoms with Crippen molar-refractivity contribution in [2.24, 2.45) is 0 Å². The molecule has 4 heterocycles. The first-order chi connectivity index (χ1) is 15.7. The van der Waals surface area contributed by atoms with Crippen LogP contribution in [0.15, 0.2) is 30.7 Å². The number of nitrogens with one attached hydrogen (secondary N) is 1. The number of ether oxygens (including phenoxy) is 1. The van der Waals surface area contributed by atoms with Crippen molar-refractivity contribution in [3.05, 3.63) is 35.7 Å². The van der Waals surface area contributed by atoms with Gasteiger partial charge in [-0.3, -0.25) is 4.79 Å². The van der Waals surface area contributed by atoms with Crippen molar-refractivity contribution in [3.8, 4) is 11.4 Å². The van der Waals surface area contributed by atoms with E-state index in [9.17, 15) is 18.0 Å². The van der Waals surface area contributed by atoms with Crippen LogP contribution in [0.3, 0.4) is 0 Å². The summed E-state index contributed by atoms with van der Waals surface area (Å²) in [5.41, 5.74) is 1.28. The van der Waals surface area contributed by atoms with Gasteiger partial charge in [-0.2, -0.15) is 13.2 Å². The van der Waals surface area contributed by atoms with E-state index in [0.717, 1.165) is 12.4 Å². The molecule has 0 bridgehead atoms. The number of pyridine rings is 1. The zero-order valence-corrected chi connectivity index (χ0v) is 18.7. The highest BCUT2D eigenvalue weighted by atomic mass is 35.5. The standard InChI is InChI=1S/C21H22ClF3N6O2/c1-3-33-13-7-16(20(32)30(2)11-21(23,24)25)31(10-13)17-4-5-26-19(29-17)15-9-28-18-14(15)6-12(22)8-27-18/h4-6,8-9,13,16H,3,7,10-11H2,1-2H3,(H,27,28)/t13?,16-/m0/s1. The zero-order chi connectivity index (χ0) is 23.8. The Hall–Kier alpha value is -2.92. The van der Waals surface area contributed by atoms with Gasteiger partial charge >= 0.3 is 6.18 Å². The number of fused-ring (bicyclic) bond motifs is 1. The molecule has 1 unspecified atom stereocenters. The number of H-pyrrole nitrogens is 1. The highest BCUT2D eigenvalue weighted by Gasteiger charge is 2.41. The van der Waals surface area contributed by atoms with Crippen LogP contribution in [0, 0.1) is 0 Å². The number of anilines is 1. The predicted molar refractivity (Wildman–Crippen MR) is 117 cm³/mol. The fraction of sp³-hybridized carbons (Fsp3) is 0.429. The number of hydrogen-bond acceptors (Lipinski definition) is 6. The highest BCUT2D eigenvalue weighted by Crippen LogP contribution is 2.31. The molecule has 33 heavy (non-hydrogen) atoms. The Morgan fingerprint density at radius 2 is 2.18 bits per heavy atom. The van der Waals surface area contributed by atoms with Gasteiger partial charge in [-0.25, -0.2) is 15.0 Å². The molecule has 0 saturated carbocycles. The van der Waals surface area contributed by atoms with Crippen molar-refractivity contribution in [2.75, 3.05) is 31.6 Å². The first-order valence-electron chi connectivity index (χ1n) is 10.3. The van der Waals surface area contributed by atoms with Gasteiger partial charge in [0, 0.05) is 56.2 Å². The van der Waals surface area contributed by atoms with Crippen molar-refractivity contribution in [1.29, 1.82) is 0 Å². The van der Waals surface area contributed by atoms with Gasteiger partial charge < -0.3 is 19.5 Å². The molecule has 1 aliphatic rings. The summed E-state index contributed by atoms with van der Waals surface area (Å²) >= 11 is 6.08. The maximum absolute atomic E-state index is 12.9. The molecule has 0 spiro atoms. The molecule has 0 aliphatic carbocycles. The predicted octanol–water partition coefficient (Wildman–Crippen LogP) is 3.68. The average molecular weight is 483 g/mol. The van der Waals surface area contributed by atoms with Gasteiger partial charge in [-0.15, -0.1) is 0 Å². The number of aromatic nitrogens is 4. The van der Waals surface area contributed by atoms with Crippen LogP contribution in [-0.4, -0.2) is 75.8 Å². The van der Waals surface area contributed by atoms with Crippen LogP contribution in [-0.2, 0) is 9.53 Å². The van der Waals surface area contributed by atoms with E-state index in [1.165, 1.54) is 6.20 Å². The van der Waals surface area contributed by atoms with Crippen molar-refractivity contribution in [3.63, 3.8) is 0 Å². The molecule has 1 amide bonds. The SMILES string of the molecule is CCOC1C[C@@H](C(=O)N(C)CC(F)(F)F)N(c2ccnc(-c3c[nH]c4ncc(Cl)cc34)n2)C1. The number of halogens is 4. The van der Waals surface area contributed by atoms with E-state index < -0.39 is 24.7 Å². The third kappa shape index (κ3) is 5.03. The summed E-state index contributed by atoms with van der Waals surface area (Å²) in [7, 11) is 1.15. The Labute approximate surface area is 192 Å². The van der Waals surface area contributed by atoms with Crippen LogP contribution >= 0.6 is 11.6 Å². The van der Waals surface area contributed by atoms with Crippen LogP contribution in [0.1, 0.15) is 13.3 Å². The van der Waals surface area contributed by atoms with Crippen molar-refractivity contribution < 1.29 is 22.7 Å². The second-order valence-corrected chi connectivity index (χ2v) is 8.22. The van der Waals surface area contributed by atoms with Crippen molar-refractivity contribution in [1.82, 2.24) is 24.8 Å². The summed E-state index contributed by atoms with van der Waals surface area (Å²) < 4.78 is 44.3. The zero-order valence-electron chi connectivity index (χ0n) is 17.9. The molecule has 1 saturated heterocycles. The average Bonchev–Trinajstić information content (AvgIpc) is 3.36. The van der Waals surface area contributed by atoms with Gasteiger partial charge in [0.25, 0.3) is 0 Å². The number of hydrogen-bond donors (Lipinski definition) is 1. The van der Waals surface area contributed by atoms with Crippen LogP contribution in [0.5, 0.6) is 0 Å². The van der Waals surface area contributed by atoms with Crippen molar-refractivity contribution in [2.45, 2.75) is 31.7 Å². The number of nitrogens with zero attached hydrogens (tertiary/aromatic N) is 5. The first-order valence-corrected chi connectivity index (χ1v) is 10.7. The Bertz CT molecular complexity index is 1150. The minimum Gasteiger partial charge on any atom is -0.377 e. The number of carbonyl (C=O) groups is 1. The van der Waals surface area contributed by atoms with E-state index in [4.69, 9.17) is 16.3 Å². The molecule has 12 heteroatoms. The van der Waals surface area contributed by atoms with Gasteiger partial charge in [0.05, 0.1) is 11.1 Å². The number of aromatic amines is 1. The lowest BCUT2D eigenvalue weighted by molar-refractivity contribution is -0.159. The number of likely N-dealkylation sites (N-methyl/N-ethyl adjacent to an activating group) is 1. The minimum atomic E-state index is -4.49. The smallest absolute Gasteiger partial charge is 0.377 e. The van der Waals surface area contributed by atoms with Crippen LogP contribution in [0.4, 0.5) is 19.0 Å². The second kappa shape index (κ2) is 9.14. The molecule has 2 atom stereocenters. The molecule has 4 rings (SSSR count). The van der Waals surface area contributed by atoms with E-state index in [-0.39, 0.29) is 12.5 Å². The van der Waals surface area contributed by atoms with Gasteiger partial charge in [-0.1, -0.05) is 11.6 Å². The molecular weight excluding hydrogens is 461 g/mol. The van der Waals surface area contributed by atoms with Crippen LogP contribution in [0.2, 0.25) is 5.02 Å². The normalized spacial score (nSPS) is 18.8. The first kappa shape index (κ1) is 23.2. The quantitative estimate of drug-likeness (QED) is 0.577. The van der Waals surface area contributed by atoms with Gasteiger partial charge in [0.1, 0.15) is 24.1 Å². The van der Waals surface area contributed by atoms with Crippen LogP contribution in [0.25, 0.3) is 22.4 Å². The Kier molecular flexibility index (Phi) is 6.44. The largest absolute Gasteiger partial charge is 0.406 e. The summed E-state index contributed by atoms with van der Waals surface area (Å²) in [5.74, 6) is 0.153. The number of rotatable bonds is 6. The van der Waals surface area contributed by atoms with Gasteiger partial charge in [-0.05, 0) is 19.1 Å². The lowest BCUT2D eigenvalue weighted by Gasteiger charge is -2.29. The Morgan fingerprint density at radius 3 is 2.91 bits per heavy atom. The monoisotopic (exact) mass is 482 g/mol. The van der Waals surface area contributed by atoms with Crippen molar-refractivity contribution >= 4 is 34.4 Å². The molecule has 1 N–H and O–H groups in total. The molecule has 1 aliphatic heterocycles. The Balaban J connectivity index is 1.66. The molecule has 176 valence electrons. The summed E-state index contributed by atoms with van der Waals surface area (Å²) in [6.07, 6.45) is 0.245. The maximum atomic E-state index is 12.9. The topological polar surface area (TPSA) is 87.2 Å². The fourth-order valence-electron chi connectivity index (χ4n) is 4.04. The lowest BCUT2D eigenvalue weighted by Crippen LogP contribution is -2.47. The number of amides is 1. The maximum Gasteiger partial charge on any atom is 0.406 e. The third-order valence-electron chi connectivity index (χ3n) is 5.42. The second-order valence-electron chi connectivity index (χ2n) is 7.78. The molecule has 8 nitrogen and oxygen atoms in total. The molecule has 3 aromatic heterocycles. The lowest BCUT2D eigenvalue weighted by atomic mass is 10.1. The van der Waals surface area contributed by atoms with Gasteiger partial charge in [0.15, 0.2) is 5.82 Å². The minimum absolute atomic E-state index is 0.265. The van der Waals surface area contributed by atoms with E-state index in [0.29, 0.717) is 45.9 Å². The fourth-order valence-corrected chi connectivity index (χ4v) is 4.20. The summed E-state index contributed by atoms with van der Waals surface area (Å²) in [4.78, 5) is 31.5. The number of carbonyl (C=O) groups excluding carboxylic acids is 1. The molecular formula is C21H22ClF3N6O2. The highest BCUT2D eigenvalue weighted by molar-refractivity contribution is 6.31. The van der Waals surface area contributed by atoms with Crippen LogP contribution < -0.4 is 4.90 Å². The van der Waals surface area contributed by atoms with E-state index in [1.807, 2.05) is 6.92 Å². The summed E-state index contributed by atoms with van der Waals surface area (Å²) in [6, 6.07) is 2.53. The Morgan fingerprint density at radius 1 is 1.39 bits per heavy atom. The van der Waals surface area contributed by atoms with E-state index >= 15 is 0 Å². The number of alkyl halides is 3. The molecule has 0 radical (unpaired) electrons. The molecule has 3 aromatic rings. The van der Waals surface area contributed by atoms with E-state index in [1.54, 1.807) is 29.4 Å². The summed E-state index contributed by atoms with van der Waals surface area (Å²) in [5, 5.41) is 1.18. The third-order valence-corrected chi connectivity index (χ3v) is 5.62. The molecule has 1 fully saturated rings.